The van der Waals surface area contributed by atoms with Crippen molar-refractivity contribution in [3.63, 3.8) is 0 Å². The van der Waals surface area contributed by atoms with Gasteiger partial charge in [-0.2, -0.15) is 0 Å². The molecule has 1 saturated heterocycles. The second-order valence-electron chi connectivity index (χ2n) is 7.99. The van der Waals surface area contributed by atoms with E-state index in [1.165, 1.54) is 0 Å². The monoisotopic (exact) mass is 431 g/mol. The second kappa shape index (κ2) is 9.49. The summed E-state index contributed by atoms with van der Waals surface area (Å²) in [6.07, 6.45) is 3.07. The number of nitrogens with one attached hydrogen (secondary N) is 1. The first-order chi connectivity index (χ1) is 14.0. The number of halogens is 1. The van der Waals surface area contributed by atoms with Gasteiger partial charge in [-0.05, 0) is 67.3 Å². The third kappa shape index (κ3) is 4.77. The first kappa shape index (κ1) is 22.1. The molecule has 160 valence electrons. The van der Waals surface area contributed by atoms with Crippen molar-refractivity contribution in [2.45, 2.75) is 37.8 Å². The molecule has 1 heterocycles. The zero-order valence-electron chi connectivity index (χ0n) is 16.5. The van der Waals surface area contributed by atoms with Crippen molar-refractivity contribution in [2.24, 2.45) is 11.8 Å². The summed E-state index contributed by atoms with van der Waals surface area (Å²) in [4.78, 5) is 23.2. The van der Waals surface area contributed by atoms with E-state index in [2.05, 4.69) is 5.32 Å². The summed E-state index contributed by atoms with van der Waals surface area (Å²) >= 11 is 0. The fraction of sp³-hybridized carbons (Fsp3) is 0.391. The van der Waals surface area contributed by atoms with Gasteiger partial charge in [0.2, 0.25) is 0 Å². The molecule has 30 heavy (non-hydrogen) atoms. The Morgan fingerprint density at radius 2 is 1.70 bits per heavy atom. The van der Waals surface area contributed by atoms with Gasteiger partial charge in [-0.25, -0.2) is 4.79 Å². The summed E-state index contributed by atoms with van der Waals surface area (Å²) in [5.41, 5.74) is 1.94. The predicted octanol–water partition coefficient (Wildman–Crippen LogP) is 4.08. The number of carboxylic acid groups (broad SMARTS) is 2. The van der Waals surface area contributed by atoms with Gasteiger partial charge in [-0.3, -0.25) is 4.79 Å². The molecule has 2 aliphatic rings. The third-order valence-corrected chi connectivity index (χ3v) is 6.17. The van der Waals surface area contributed by atoms with Crippen LogP contribution in [0.3, 0.4) is 0 Å². The first-order valence-corrected chi connectivity index (χ1v) is 10.1. The van der Waals surface area contributed by atoms with E-state index >= 15 is 0 Å². The largest absolute Gasteiger partial charge is 0.490 e. The molecular formula is C23H26ClNO5. The van der Waals surface area contributed by atoms with Crippen molar-refractivity contribution in [3.8, 4) is 16.9 Å². The van der Waals surface area contributed by atoms with Crippen molar-refractivity contribution in [1.29, 1.82) is 0 Å². The zero-order valence-corrected chi connectivity index (χ0v) is 17.3. The molecule has 2 fully saturated rings. The highest BCUT2D eigenvalue weighted by Gasteiger charge is 2.38. The molecule has 1 aliphatic carbocycles. The lowest BCUT2D eigenvalue weighted by atomic mass is 9.72. The minimum atomic E-state index is -1.01. The lowest BCUT2D eigenvalue weighted by Gasteiger charge is -2.41. The Labute approximate surface area is 181 Å². The Bertz CT molecular complexity index is 904. The quantitative estimate of drug-likeness (QED) is 0.660. The number of aliphatic carboxylic acids is 1. The maximum atomic E-state index is 11.8. The Balaban J connectivity index is 0.00000256. The number of piperidine rings is 1. The molecule has 0 bridgehead atoms. The Hall–Kier alpha value is -2.57. The molecule has 6 nitrogen and oxygen atoms in total. The average molecular weight is 432 g/mol. The number of rotatable bonds is 5. The minimum absolute atomic E-state index is 0. The molecule has 7 heteroatoms. The number of carbonyl (C=O) groups is 2. The van der Waals surface area contributed by atoms with E-state index < -0.39 is 18.0 Å². The van der Waals surface area contributed by atoms with Crippen LogP contribution in [0.25, 0.3) is 11.1 Å². The zero-order chi connectivity index (χ0) is 20.4. The number of hydrogen-bond acceptors (Lipinski definition) is 4. The van der Waals surface area contributed by atoms with Crippen LogP contribution < -0.4 is 10.1 Å². The molecule has 0 radical (unpaired) electrons. The highest BCUT2D eigenvalue weighted by molar-refractivity contribution is 5.92. The van der Waals surface area contributed by atoms with Crippen LogP contribution in [0.1, 0.15) is 36.0 Å². The normalized spacial score (nSPS) is 25.5. The molecule has 2 aromatic carbocycles. The molecule has 4 atom stereocenters. The van der Waals surface area contributed by atoms with Crippen LogP contribution >= 0.6 is 12.4 Å². The summed E-state index contributed by atoms with van der Waals surface area (Å²) in [7, 11) is 0. The van der Waals surface area contributed by atoms with E-state index in [1.807, 2.05) is 36.4 Å². The molecule has 4 rings (SSSR count). The van der Waals surface area contributed by atoms with E-state index in [4.69, 9.17) is 4.74 Å². The highest BCUT2D eigenvalue weighted by atomic mass is 35.5. The molecule has 1 saturated carbocycles. The molecule has 0 unspecified atom stereocenters. The van der Waals surface area contributed by atoms with Crippen molar-refractivity contribution in [3.05, 3.63) is 54.1 Å². The Morgan fingerprint density at radius 3 is 2.40 bits per heavy atom. The van der Waals surface area contributed by atoms with Gasteiger partial charge in [0.05, 0.1) is 6.10 Å². The SMILES string of the molecule is Cl.O=C(O)c1cc(-c2ccccc2)ccc1O[C@H]1CC[C@H]2CN[C@H](C(=O)O)C[C@H]2C1. The number of hydrogen-bond donors (Lipinski definition) is 3. The number of aromatic carboxylic acids is 1. The molecule has 0 aromatic heterocycles. The van der Waals surface area contributed by atoms with Crippen LogP contribution in [0.2, 0.25) is 0 Å². The van der Waals surface area contributed by atoms with Gasteiger partial charge in [-0.15, -0.1) is 12.4 Å². The molecule has 0 amide bonds. The van der Waals surface area contributed by atoms with Gasteiger partial charge in [0.15, 0.2) is 0 Å². The Morgan fingerprint density at radius 1 is 0.933 bits per heavy atom. The van der Waals surface area contributed by atoms with E-state index in [-0.39, 0.29) is 30.0 Å². The average Bonchev–Trinajstić information content (AvgIpc) is 2.74. The highest BCUT2D eigenvalue weighted by Crippen LogP contribution is 2.38. The van der Waals surface area contributed by atoms with Gasteiger partial charge in [-0.1, -0.05) is 36.4 Å². The Kier molecular flexibility index (Phi) is 7.00. The van der Waals surface area contributed by atoms with Crippen LogP contribution in [0.5, 0.6) is 5.75 Å². The van der Waals surface area contributed by atoms with Crippen LogP contribution in [-0.4, -0.2) is 40.8 Å². The smallest absolute Gasteiger partial charge is 0.339 e. The predicted molar refractivity (Wildman–Crippen MR) is 115 cm³/mol. The van der Waals surface area contributed by atoms with E-state index in [1.54, 1.807) is 12.1 Å². The van der Waals surface area contributed by atoms with Crippen LogP contribution in [0, 0.1) is 11.8 Å². The van der Waals surface area contributed by atoms with Crippen molar-refractivity contribution in [1.82, 2.24) is 5.32 Å². The topological polar surface area (TPSA) is 95.9 Å². The van der Waals surface area contributed by atoms with E-state index in [0.717, 1.165) is 36.9 Å². The number of carboxylic acids is 2. The number of ether oxygens (including phenoxy) is 1. The lowest BCUT2D eigenvalue weighted by Crippen LogP contribution is -2.50. The number of fused-ring (bicyclic) bond motifs is 1. The van der Waals surface area contributed by atoms with Crippen LogP contribution in [0.4, 0.5) is 0 Å². The van der Waals surface area contributed by atoms with Crippen LogP contribution in [0.15, 0.2) is 48.5 Å². The summed E-state index contributed by atoms with van der Waals surface area (Å²) in [5.74, 6) is -0.697. The maximum Gasteiger partial charge on any atom is 0.339 e. The molecule has 1 aliphatic heterocycles. The van der Waals surface area contributed by atoms with Gasteiger partial charge >= 0.3 is 11.9 Å². The van der Waals surface area contributed by atoms with Crippen molar-refractivity contribution < 1.29 is 24.5 Å². The minimum Gasteiger partial charge on any atom is -0.490 e. The van der Waals surface area contributed by atoms with E-state index in [9.17, 15) is 19.8 Å². The molecular weight excluding hydrogens is 406 g/mol. The van der Waals surface area contributed by atoms with Gasteiger partial charge in [0.25, 0.3) is 0 Å². The summed E-state index contributed by atoms with van der Waals surface area (Å²) in [6.45, 7) is 0.723. The van der Waals surface area contributed by atoms with Crippen molar-refractivity contribution >= 4 is 24.3 Å². The van der Waals surface area contributed by atoms with E-state index in [0.29, 0.717) is 18.1 Å². The third-order valence-electron chi connectivity index (χ3n) is 6.17. The fourth-order valence-electron chi connectivity index (χ4n) is 4.61. The number of benzene rings is 2. The standard InChI is InChI=1S/C23H25NO5.ClH/c25-22(26)19-11-15(14-4-2-1-3-5-14)7-9-21(19)29-18-8-6-16-13-24-20(23(27)28)12-17(16)10-18;/h1-5,7,9,11,16-18,20,24H,6,8,10,12-13H2,(H,25,26)(H,27,28);1H/t16-,17+,18-,20-;/m0./s1. The fourth-order valence-corrected chi connectivity index (χ4v) is 4.61. The maximum absolute atomic E-state index is 11.8. The second-order valence-corrected chi connectivity index (χ2v) is 7.99. The van der Waals surface area contributed by atoms with Gasteiger partial charge in [0.1, 0.15) is 17.4 Å². The summed E-state index contributed by atoms with van der Waals surface area (Å²) in [6, 6.07) is 14.4. The summed E-state index contributed by atoms with van der Waals surface area (Å²) in [5, 5.41) is 22.1. The molecule has 2 aromatic rings. The first-order valence-electron chi connectivity index (χ1n) is 10.1. The van der Waals surface area contributed by atoms with Gasteiger partial charge in [0, 0.05) is 0 Å². The summed E-state index contributed by atoms with van der Waals surface area (Å²) < 4.78 is 6.13. The van der Waals surface area contributed by atoms with Gasteiger partial charge < -0.3 is 20.3 Å². The van der Waals surface area contributed by atoms with Crippen LogP contribution in [-0.2, 0) is 4.79 Å². The molecule has 0 spiro atoms. The van der Waals surface area contributed by atoms with Crippen molar-refractivity contribution in [2.75, 3.05) is 6.54 Å². The molecule has 3 N–H and O–H groups in total. The lowest BCUT2D eigenvalue weighted by molar-refractivity contribution is -0.141.